The summed E-state index contributed by atoms with van der Waals surface area (Å²) < 4.78 is 0. The highest BCUT2D eigenvalue weighted by Gasteiger charge is 2.20. The minimum Gasteiger partial charge on any atom is -0.383 e. The highest BCUT2D eigenvalue weighted by Crippen LogP contribution is 2.41. The van der Waals surface area contributed by atoms with Crippen LogP contribution in [0.2, 0.25) is 0 Å². The molecule has 164 valence electrons. The van der Waals surface area contributed by atoms with E-state index in [-0.39, 0.29) is 5.41 Å². The molecule has 0 aliphatic rings. The molecule has 2 amide bonds. The van der Waals surface area contributed by atoms with Gasteiger partial charge in [0.2, 0.25) is 0 Å². The molecule has 0 aliphatic heterocycles. The van der Waals surface area contributed by atoms with Crippen molar-refractivity contribution in [3.05, 3.63) is 65.3 Å². The number of primary amides is 1. The molecule has 4 rings (SSSR count). The summed E-state index contributed by atoms with van der Waals surface area (Å²) in [6.45, 7) is 8.58. The Morgan fingerprint density at radius 3 is 2.12 bits per heavy atom. The summed E-state index contributed by atoms with van der Waals surface area (Å²) in [4.78, 5) is 24.5. The van der Waals surface area contributed by atoms with Crippen LogP contribution in [0.5, 0.6) is 0 Å². The molecule has 0 fully saturated rings. The lowest BCUT2D eigenvalue weighted by Crippen LogP contribution is -2.31. The Morgan fingerprint density at radius 1 is 1.00 bits per heavy atom. The number of nitrogens with two attached hydrogens (primary N) is 2. The maximum atomic E-state index is 12.3. The monoisotopic (exact) mass is 445 g/mol. The van der Waals surface area contributed by atoms with Crippen molar-refractivity contribution in [1.29, 1.82) is 0 Å². The van der Waals surface area contributed by atoms with Crippen molar-refractivity contribution in [3.8, 4) is 11.1 Å². The molecular weight excluding hydrogens is 418 g/mol. The molecule has 0 saturated carbocycles. The van der Waals surface area contributed by atoms with Gasteiger partial charge in [-0.2, -0.15) is 0 Å². The molecule has 32 heavy (non-hydrogen) atoms. The summed E-state index contributed by atoms with van der Waals surface area (Å²) in [5, 5.41) is 0.881. The van der Waals surface area contributed by atoms with Crippen molar-refractivity contribution in [2.24, 2.45) is 5.73 Å². The van der Waals surface area contributed by atoms with E-state index < -0.39 is 6.03 Å². The number of nitrogens with zero attached hydrogens (tertiary/aromatic N) is 3. The van der Waals surface area contributed by atoms with Gasteiger partial charge < -0.3 is 11.5 Å². The first kappa shape index (κ1) is 21.8. The number of aryl methyl sites for hydroxylation is 1. The van der Waals surface area contributed by atoms with Crippen molar-refractivity contribution in [1.82, 2.24) is 9.97 Å². The van der Waals surface area contributed by atoms with Gasteiger partial charge in [0.25, 0.3) is 0 Å². The SMILES string of the molecule is CCc1sc2ncnc(N)c2c1-c1ccc(N(C(N)=O)c2ccc(C(C)(C)C)cc2)cc1. The number of fused-ring (bicyclic) bond motifs is 1. The van der Waals surface area contributed by atoms with Crippen molar-refractivity contribution in [2.75, 3.05) is 10.6 Å². The van der Waals surface area contributed by atoms with E-state index in [4.69, 9.17) is 11.5 Å². The highest BCUT2D eigenvalue weighted by molar-refractivity contribution is 7.19. The molecular formula is C25H27N5OS. The van der Waals surface area contributed by atoms with Crippen LogP contribution in [-0.4, -0.2) is 16.0 Å². The summed E-state index contributed by atoms with van der Waals surface area (Å²) in [7, 11) is 0. The van der Waals surface area contributed by atoms with Gasteiger partial charge >= 0.3 is 6.03 Å². The molecule has 4 N–H and O–H groups in total. The van der Waals surface area contributed by atoms with Crippen molar-refractivity contribution >= 4 is 44.8 Å². The summed E-state index contributed by atoms with van der Waals surface area (Å²) >= 11 is 1.63. The number of urea groups is 1. The third-order valence-corrected chi connectivity index (χ3v) is 6.78. The summed E-state index contributed by atoms with van der Waals surface area (Å²) in [5.41, 5.74) is 16.6. The average molecular weight is 446 g/mol. The van der Waals surface area contributed by atoms with Gasteiger partial charge in [0.1, 0.15) is 17.0 Å². The number of nitrogen functional groups attached to an aromatic ring is 1. The Labute approximate surface area is 191 Å². The number of aromatic nitrogens is 2. The van der Waals surface area contributed by atoms with E-state index in [9.17, 15) is 4.79 Å². The van der Waals surface area contributed by atoms with Crippen LogP contribution >= 0.6 is 11.3 Å². The minimum atomic E-state index is -0.533. The van der Waals surface area contributed by atoms with Gasteiger partial charge in [-0.1, -0.05) is 52.0 Å². The summed E-state index contributed by atoms with van der Waals surface area (Å²) in [6.07, 6.45) is 2.36. The fourth-order valence-electron chi connectivity index (χ4n) is 3.85. The highest BCUT2D eigenvalue weighted by atomic mass is 32.1. The Hall–Kier alpha value is -3.45. The number of hydrogen-bond donors (Lipinski definition) is 2. The van der Waals surface area contributed by atoms with Crippen molar-refractivity contribution in [2.45, 2.75) is 39.5 Å². The van der Waals surface area contributed by atoms with Crippen LogP contribution in [0, 0.1) is 0 Å². The number of hydrogen-bond acceptors (Lipinski definition) is 5. The number of amides is 2. The van der Waals surface area contributed by atoms with Gasteiger partial charge in [0.15, 0.2) is 0 Å². The smallest absolute Gasteiger partial charge is 0.323 e. The molecule has 2 aromatic carbocycles. The van der Waals surface area contributed by atoms with Crippen LogP contribution in [0.25, 0.3) is 21.3 Å². The summed E-state index contributed by atoms with van der Waals surface area (Å²) in [5.74, 6) is 0.475. The molecule has 0 aliphatic carbocycles. The number of thiophene rings is 1. The van der Waals surface area contributed by atoms with E-state index in [0.717, 1.165) is 33.5 Å². The van der Waals surface area contributed by atoms with E-state index in [0.29, 0.717) is 11.5 Å². The number of anilines is 3. The van der Waals surface area contributed by atoms with Gasteiger partial charge in [-0.15, -0.1) is 11.3 Å². The van der Waals surface area contributed by atoms with E-state index in [2.05, 4.69) is 37.7 Å². The Kier molecular flexibility index (Phi) is 5.60. The molecule has 0 radical (unpaired) electrons. The number of rotatable bonds is 4. The molecule has 0 bridgehead atoms. The zero-order chi connectivity index (χ0) is 23.0. The molecule has 4 aromatic rings. The number of carbonyl (C=O) groups is 1. The molecule has 2 aromatic heterocycles. The second kappa shape index (κ2) is 8.24. The quantitative estimate of drug-likeness (QED) is 0.401. The Bertz CT molecular complexity index is 1270. The first-order chi connectivity index (χ1) is 15.2. The number of carbonyl (C=O) groups excluding carboxylic acids is 1. The van der Waals surface area contributed by atoms with E-state index in [1.807, 2.05) is 48.5 Å². The maximum Gasteiger partial charge on any atom is 0.323 e. The van der Waals surface area contributed by atoms with E-state index in [1.165, 1.54) is 21.7 Å². The molecule has 0 atom stereocenters. The van der Waals surface area contributed by atoms with E-state index in [1.54, 1.807) is 11.3 Å². The lowest BCUT2D eigenvalue weighted by molar-refractivity contribution is 0.256. The fourth-order valence-corrected chi connectivity index (χ4v) is 4.96. The second-order valence-corrected chi connectivity index (χ2v) is 9.79. The normalized spacial score (nSPS) is 11.6. The molecule has 0 saturated heterocycles. The molecule has 0 spiro atoms. The van der Waals surface area contributed by atoms with Crippen molar-refractivity contribution < 1.29 is 4.79 Å². The molecule has 0 unspecified atom stereocenters. The maximum absolute atomic E-state index is 12.3. The predicted octanol–water partition coefficient (Wildman–Crippen LogP) is 6.02. The van der Waals surface area contributed by atoms with Gasteiger partial charge in [0, 0.05) is 10.4 Å². The van der Waals surface area contributed by atoms with Crippen LogP contribution in [0.3, 0.4) is 0 Å². The Morgan fingerprint density at radius 2 is 1.59 bits per heavy atom. The first-order valence-corrected chi connectivity index (χ1v) is 11.3. The second-order valence-electron chi connectivity index (χ2n) is 8.71. The van der Waals surface area contributed by atoms with Crippen LogP contribution in [0.1, 0.15) is 38.1 Å². The van der Waals surface area contributed by atoms with Gasteiger partial charge in [-0.25, -0.2) is 14.8 Å². The molecule has 7 heteroatoms. The summed E-state index contributed by atoms with van der Waals surface area (Å²) in [6, 6.07) is 15.2. The topological polar surface area (TPSA) is 98.1 Å². The van der Waals surface area contributed by atoms with Crippen LogP contribution in [0.4, 0.5) is 22.0 Å². The third-order valence-electron chi connectivity index (χ3n) is 5.54. The first-order valence-electron chi connectivity index (χ1n) is 10.5. The largest absolute Gasteiger partial charge is 0.383 e. The molecule has 2 heterocycles. The molecule has 6 nitrogen and oxygen atoms in total. The Balaban J connectivity index is 1.74. The van der Waals surface area contributed by atoms with Gasteiger partial charge in [-0.05, 0) is 47.2 Å². The third kappa shape index (κ3) is 3.91. The lowest BCUT2D eigenvalue weighted by Gasteiger charge is -2.23. The zero-order valence-corrected chi connectivity index (χ0v) is 19.5. The fraction of sp³-hybridized carbons (Fsp3) is 0.240. The zero-order valence-electron chi connectivity index (χ0n) is 18.7. The predicted molar refractivity (Wildman–Crippen MR) is 134 cm³/mol. The minimum absolute atomic E-state index is 0.0313. The average Bonchev–Trinajstić information content (AvgIpc) is 3.14. The lowest BCUT2D eigenvalue weighted by atomic mass is 9.87. The van der Waals surface area contributed by atoms with E-state index >= 15 is 0 Å². The van der Waals surface area contributed by atoms with Gasteiger partial charge in [0.05, 0.1) is 16.8 Å². The van der Waals surface area contributed by atoms with Crippen molar-refractivity contribution in [3.63, 3.8) is 0 Å². The van der Waals surface area contributed by atoms with Gasteiger partial charge in [-0.3, -0.25) is 4.90 Å². The van der Waals surface area contributed by atoms with Crippen LogP contribution in [-0.2, 0) is 11.8 Å². The standard InChI is InChI=1S/C25H27N5OS/c1-5-19-20(21-22(26)28-14-29-23(21)32-19)15-6-10-17(11-7-15)30(24(27)31)18-12-8-16(9-13-18)25(2,3)4/h6-14H,5H2,1-4H3,(H2,27,31)(H2,26,28,29). The van der Waals surface area contributed by atoms with Crippen LogP contribution in [0.15, 0.2) is 54.9 Å². The van der Waals surface area contributed by atoms with Crippen LogP contribution < -0.4 is 16.4 Å². The number of benzene rings is 2.